The Hall–Kier alpha value is -2.42. The zero-order valence-corrected chi connectivity index (χ0v) is 20.0. The van der Waals surface area contributed by atoms with Crippen LogP contribution in [0.25, 0.3) is 0 Å². The van der Waals surface area contributed by atoms with E-state index >= 15 is 0 Å². The molecule has 1 aliphatic rings. The lowest BCUT2D eigenvalue weighted by Crippen LogP contribution is -2.42. The third-order valence-corrected chi connectivity index (χ3v) is 7.26. The summed E-state index contributed by atoms with van der Waals surface area (Å²) < 4.78 is 33.5. The largest absolute Gasteiger partial charge is 0.379 e. The number of aryl methyl sites for hydroxylation is 3. The molecule has 1 fully saturated rings. The maximum absolute atomic E-state index is 13.5. The highest BCUT2D eigenvalue weighted by Crippen LogP contribution is 2.26. The van der Waals surface area contributed by atoms with Crippen molar-refractivity contribution in [2.75, 3.05) is 50.2 Å². The summed E-state index contributed by atoms with van der Waals surface area (Å²) >= 11 is 0. The zero-order valence-electron chi connectivity index (χ0n) is 19.1. The van der Waals surface area contributed by atoms with Gasteiger partial charge in [-0.3, -0.25) is 14.0 Å². The van der Waals surface area contributed by atoms with Gasteiger partial charge in [0.1, 0.15) is 6.54 Å². The maximum Gasteiger partial charge on any atom is 0.264 e. The Bertz CT molecular complexity index is 996. The number of ether oxygens (including phenoxy) is 1. The van der Waals surface area contributed by atoms with Crippen LogP contribution in [0.2, 0.25) is 0 Å². The van der Waals surface area contributed by atoms with Crippen LogP contribution in [0.1, 0.15) is 23.1 Å². The highest BCUT2D eigenvalue weighted by atomic mass is 32.2. The minimum atomic E-state index is -3.90. The Morgan fingerprint density at radius 2 is 1.62 bits per heavy atom. The van der Waals surface area contributed by atoms with Gasteiger partial charge in [-0.2, -0.15) is 0 Å². The number of benzene rings is 2. The summed E-state index contributed by atoms with van der Waals surface area (Å²) in [5, 5.41) is 2.88. The van der Waals surface area contributed by atoms with Gasteiger partial charge in [0.2, 0.25) is 5.91 Å². The van der Waals surface area contributed by atoms with E-state index in [1.807, 2.05) is 26.8 Å². The third kappa shape index (κ3) is 6.54. The van der Waals surface area contributed by atoms with Crippen LogP contribution < -0.4 is 9.62 Å². The number of amides is 1. The van der Waals surface area contributed by atoms with Crippen molar-refractivity contribution in [3.63, 3.8) is 0 Å². The molecule has 174 valence electrons. The molecule has 0 bridgehead atoms. The minimum absolute atomic E-state index is 0.169. The molecule has 1 heterocycles. The van der Waals surface area contributed by atoms with Crippen molar-refractivity contribution in [2.45, 2.75) is 32.1 Å². The van der Waals surface area contributed by atoms with Crippen LogP contribution in [-0.2, 0) is 19.6 Å². The molecule has 2 aromatic rings. The van der Waals surface area contributed by atoms with E-state index in [1.165, 1.54) is 4.31 Å². The molecule has 0 spiro atoms. The quantitative estimate of drug-likeness (QED) is 0.584. The van der Waals surface area contributed by atoms with Crippen molar-refractivity contribution in [1.82, 2.24) is 10.2 Å². The topological polar surface area (TPSA) is 79.0 Å². The number of carbonyl (C=O) groups excluding carboxylic acids is 1. The van der Waals surface area contributed by atoms with Crippen LogP contribution in [0.15, 0.2) is 47.4 Å². The average Bonchev–Trinajstić information content (AvgIpc) is 2.75. The van der Waals surface area contributed by atoms with E-state index in [0.717, 1.165) is 56.0 Å². The number of sulfonamides is 1. The number of hydrogen-bond acceptors (Lipinski definition) is 5. The number of nitrogens with one attached hydrogen (secondary N) is 1. The first-order valence-electron chi connectivity index (χ1n) is 11.0. The monoisotopic (exact) mass is 459 g/mol. The van der Waals surface area contributed by atoms with Gasteiger partial charge in [0, 0.05) is 19.6 Å². The van der Waals surface area contributed by atoms with E-state index in [0.29, 0.717) is 12.2 Å². The van der Waals surface area contributed by atoms with Gasteiger partial charge in [-0.25, -0.2) is 8.42 Å². The number of rotatable bonds is 9. The van der Waals surface area contributed by atoms with Gasteiger partial charge in [-0.1, -0.05) is 23.8 Å². The minimum Gasteiger partial charge on any atom is -0.379 e. The molecule has 32 heavy (non-hydrogen) atoms. The van der Waals surface area contributed by atoms with Crippen molar-refractivity contribution in [3.8, 4) is 0 Å². The Kier molecular flexibility index (Phi) is 8.28. The number of hydrogen-bond donors (Lipinski definition) is 1. The average molecular weight is 460 g/mol. The van der Waals surface area contributed by atoms with E-state index in [4.69, 9.17) is 4.74 Å². The fourth-order valence-electron chi connectivity index (χ4n) is 3.79. The molecule has 1 N–H and O–H groups in total. The summed E-state index contributed by atoms with van der Waals surface area (Å²) in [6.07, 6.45) is 0.806. The normalized spacial score (nSPS) is 14.8. The predicted molar refractivity (Wildman–Crippen MR) is 127 cm³/mol. The zero-order chi connectivity index (χ0) is 23.1. The molecule has 1 aliphatic heterocycles. The van der Waals surface area contributed by atoms with Crippen molar-refractivity contribution >= 4 is 21.6 Å². The number of carbonyl (C=O) groups is 1. The number of anilines is 1. The molecule has 1 amide bonds. The van der Waals surface area contributed by atoms with Crippen molar-refractivity contribution in [2.24, 2.45) is 0 Å². The molecule has 3 rings (SSSR count). The smallest absolute Gasteiger partial charge is 0.264 e. The van der Waals surface area contributed by atoms with Crippen molar-refractivity contribution in [3.05, 3.63) is 59.2 Å². The predicted octanol–water partition coefficient (Wildman–Crippen LogP) is 2.65. The molecule has 8 heteroatoms. The van der Waals surface area contributed by atoms with E-state index in [9.17, 15) is 13.2 Å². The molecule has 0 aromatic heterocycles. The number of nitrogens with zero attached hydrogens (tertiary/aromatic N) is 2. The Morgan fingerprint density at radius 1 is 1.00 bits per heavy atom. The van der Waals surface area contributed by atoms with E-state index in [2.05, 4.69) is 10.2 Å². The molecule has 0 radical (unpaired) electrons. The van der Waals surface area contributed by atoms with Crippen LogP contribution >= 0.6 is 0 Å². The summed E-state index contributed by atoms with van der Waals surface area (Å²) in [5.74, 6) is -0.318. The van der Waals surface area contributed by atoms with Gasteiger partial charge >= 0.3 is 0 Å². The van der Waals surface area contributed by atoms with Crippen molar-refractivity contribution in [1.29, 1.82) is 0 Å². The summed E-state index contributed by atoms with van der Waals surface area (Å²) in [5.41, 5.74) is 3.34. The number of morpholine rings is 1. The lowest BCUT2D eigenvalue weighted by atomic mass is 10.1. The van der Waals surface area contributed by atoms with Gasteiger partial charge in [-0.15, -0.1) is 0 Å². The van der Waals surface area contributed by atoms with Crippen LogP contribution in [0.5, 0.6) is 0 Å². The molecule has 0 aliphatic carbocycles. The highest BCUT2D eigenvalue weighted by Gasteiger charge is 2.27. The van der Waals surface area contributed by atoms with Gasteiger partial charge in [0.15, 0.2) is 0 Å². The van der Waals surface area contributed by atoms with E-state index < -0.39 is 10.0 Å². The molecule has 0 unspecified atom stereocenters. The van der Waals surface area contributed by atoms with Crippen LogP contribution in [0, 0.1) is 20.8 Å². The molecule has 2 aromatic carbocycles. The summed E-state index contributed by atoms with van der Waals surface area (Å²) in [7, 11) is -3.90. The first-order chi connectivity index (χ1) is 15.3. The van der Waals surface area contributed by atoms with Crippen LogP contribution in [0.3, 0.4) is 0 Å². The van der Waals surface area contributed by atoms with Gasteiger partial charge in [-0.05, 0) is 69.1 Å². The molecule has 1 saturated heterocycles. The first kappa shape index (κ1) is 24.2. The molecule has 7 nitrogen and oxygen atoms in total. The molecular weight excluding hydrogens is 426 g/mol. The Balaban J connectivity index is 1.72. The summed E-state index contributed by atoms with van der Waals surface area (Å²) in [6, 6.07) is 12.3. The van der Waals surface area contributed by atoms with Gasteiger partial charge < -0.3 is 10.1 Å². The SMILES string of the molecule is Cc1ccc(S(=O)(=O)N(CC(=O)NCCCN2CCOCC2)c2cc(C)cc(C)c2)cc1. The first-order valence-corrected chi connectivity index (χ1v) is 12.4. The molecule has 0 atom stereocenters. The lowest BCUT2D eigenvalue weighted by molar-refractivity contribution is -0.119. The summed E-state index contributed by atoms with van der Waals surface area (Å²) in [4.78, 5) is 15.2. The van der Waals surface area contributed by atoms with E-state index in [1.54, 1.807) is 36.4 Å². The highest BCUT2D eigenvalue weighted by molar-refractivity contribution is 7.92. The second kappa shape index (κ2) is 10.9. The Labute approximate surface area is 191 Å². The molecule has 0 saturated carbocycles. The Morgan fingerprint density at radius 3 is 2.25 bits per heavy atom. The van der Waals surface area contributed by atoms with Crippen LogP contribution in [-0.4, -0.2) is 65.2 Å². The standard InChI is InChI=1S/C24H33N3O4S/c1-19-5-7-23(8-6-19)32(29,30)27(22-16-20(2)15-21(3)17-22)18-24(28)25-9-4-10-26-11-13-31-14-12-26/h5-8,15-17H,4,9-14,18H2,1-3H3,(H,25,28). The maximum atomic E-state index is 13.5. The third-order valence-electron chi connectivity index (χ3n) is 5.47. The molecular formula is C24H33N3O4S. The fourth-order valence-corrected chi connectivity index (χ4v) is 5.19. The van der Waals surface area contributed by atoms with E-state index in [-0.39, 0.29) is 17.3 Å². The van der Waals surface area contributed by atoms with Crippen LogP contribution in [0.4, 0.5) is 5.69 Å². The fraction of sp³-hybridized carbons (Fsp3) is 0.458. The van der Waals surface area contributed by atoms with Crippen molar-refractivity contribution < 1.29 is 17.9 Å². The summed E-state index contributed by atoms with van der Waals surface area (Å²) in [6.45, 7) is 10.2. The lowest BCUT2D eigenvalue weighted by Gasteiger charge is -2.27. The second-order valence-corrected chi connectivity index (χ2v) is 10.2. The van der Waals surface area contributed by atoms with Gasteiger partial charge in [0.25, 0.3) is 10.0 Å². The van der Waals surface area contributed by atoms with Gasteiger partial charge in [0.05, 0.1) is 23.8 Å². The second-order valence-electron chi connectivity index (χ2n) is 8.33.